The van der Waals surface area contributed by atoms with Gasteiger partial charge in [0.25, 0.3) is 0 Å². The average molecular weight is 283 g/mol. The second-order valence-electron chi connectivity index (χ2n) is 4.06. The standard InChI is InChI=1S/C11H13Cl2NO.ClH/c1-11(2,14)10(15)5-7-3-4-8(12)6-9(7)13;/h3-4,6H,5,14H2,1-2H3;1H. The molecule has 0 spiro atoms. The van der Waals surface area contributed by atoms with Crippen LogP contribution in [0.1, 0.15) is 19.4 Å². The van der Waals surface area contributed by atoms with E-state index in [1.165, 1.54) is 0 Å². The van der Waals surface area contributed by atoms with Crippen LogP contribution >= 0.6 is 35.6 Å². The smallest absolute Gasteiger partial charge is 0.156 e. The van der Waals surface area contributed by atoms with E-state index >= 15 is 0 Å². The Balaban J connectivity index is 0.00000225. The number of carbonyl (C=O) groups excluding carboxylic acids is 1. The largest absolute Gasteiger partial charge is 0.319 e. The molecule has 0 amide bonds. The van der Waals surface area contributed by atoms with Gasteiger partial charge in [-0.1, -0.05) is 29.3 Å². The predicted octanol–water partition coefficient (Wildman–Crippen LogP) is 3.26. The second-order valence-corrected chi connectivity index (χ2v) is 4.90. The van der Waals surface area contributed by atoms with E-state index in [9.17, 15) is 4.79 Å². The predicted molar refractivity (Wildman–Crippen MR) is 70.7 cm³/mol. The van der Waals surface area contributed by atoms with Crippen molar-refractivity contribution >= 4 is 41.4 Å². The van der Waals surface area contributed by atoms with Gasteiger partial charge >= 0.3 is 0 Å². The fourth-order valence-electron chi connectivity index (χ4n) is 1.07. The van der Waals surface area contributed by atoms with Crippen molar-refractivity contribution in [2.75, 3.05) is 0 Å². The Labute approximate surface area is 112 Å². The Bertz CT molecular complexity index is 385. The van der Waals surface area contributed by atoms with Gasteiger partial charge in [-0.2, -0.15) is 0 Å². The molecule has 0 aromatic heterocycles. The molecule has 16 heavy (non-hydrogen) atoms. The molecule has 0 fully saturated rings. The SMILES string of the molecule is CC(C)(N)C(=O)Cc1ccc(Cl)cc1Cl.Cl. The zero-order chi connectivity index (χ0) is 11.6. The van der Waals surface area contributed by atoms with Gasteiger partial charge in [-0.3, -0.25) is 4.79 Å². The molecule has 2 nitrogen and oxygen atoms in total. The lowest BCUT2D eigenvalue weighted by Crippen LogP contribution is -2.42. The third kappa shape index (κ3) is 4.30. The molecule has 0 heterocycles. The van der Waals surface area contributed by atoms with Gasteiger partial charge in [0, 0.05) is 16.5 Å². The van der Waals surface area contributed by atoms with Gasteiger partial charge in [0.05, 0.1) is 5.54 Å². The highest BCUT2D eigenvalue weighted by atomic mass is 35.5. The van der Waals surface area contributed by atoms with Crippen LogP contribution in [0.15, 0.2) is 18.2 Å². The molecule has 0 atom stereocenters. The van der Waals surface area contributed by atoms with E-state index < -0.39 is 5.54 Å². The van der Waals surface area contributed by atoms with Crippen LogP contribution in [0, 0.1) is 0 Å². The summed E-state index contributed by atoms with van der Waals surface area (Å²) in [7, 11) is 0. The number of hydrogen-bond acceptors (Lipinski definition) is 2. The number of rotatable bonds is 3. The van der Waals surface area contributed by atoms with Crippen LogP contribution in [-0.4, -0.2) is 11.3 Å². The fraction of sp³-hybridized carbons (Fsp3) is 0.364. The zero-order valence-corrected chi connectivity index (χ0v) is 11.4. The zero-order valence-electron chi connectivity index (χ0n) is 9.09. The maximum absolute atomic E-state index is 11.7. The van der Waals surface area contributed by atoms with Crippen LogP contribution < -0.4 is 5.73 Å². The summed E-state index contributed by atoms with van der Waals surface area (Å²) in [6.45, 7) is 3.36. The van der Waals surface area contributed by atoms with E-state index in [1.54, 1.807) is 32.0 Å². The molecule has 1 aromatic rings. The van der Waals surface area contributed by atoms with Gasteiger partial charge in [-0.25, -0.2) is 0 Å². The summed E-state index contributed by atoms with van der Waals surface area (Å²) < 4.78 is 0. The number of halogens is 3. The topological polar surface area (TPSA) is 43.1 Å². The van der Waals surface area contributed by atoms with Crippen LogP contribution in [-0.2, 0) is 11.2 Å². The molecule has 0 bridgehead atoms. The summed E-state index contributed by atoms with van der Waals surface area (Å²) in [6.07, 6.45) is 0.236. The van der Waals surface area contributed by atoms with Crippen LogP contribution in [0.5, 0.6) is 0 Å². The summed E-state index contributed by atoms with van der Waals surface area (Å²) >= 11 is 11.7. The van der Waals surface area contributed by atoms with Gasteiger partial charge in [0.1, 0.15) is 0 Å². The number of benzene rings is 1. The van der Waals surface area contributed by atoms with E-state index in [1.807, 2.05) is 0 Å². The van der Waals surface area contributed by atoms with Crippen LogP contribution in [0.2, 0.25) is 10.0 Å². The van der Waals surface area contributed by atoms with Gasteiger partial charge in [0.15, 0.2) is 5.78 Å². The maximum Gasteiger partial charge on any atom is 0.156 e. The minimum Gasteiger partial charge on any atom is -0.319 e. The lowest BCUT2D eigenvalue weighted by atomic mass is 9.95. The van der Waals surface area contributed by atoms with E-state index in [-0.39, 0.29) is 24.6 Å². The van der Waals surface area contributed by atoms with Crippen molar-refractivity contribution in [1.82, 2.24) is 0 Å². The summed E-state index contributed by atoms with van der Waals surface area (Å²) in [5, 5.41) is 1.06. The second kappa shape index (κ2) is 5.87. The first kappa shape index (κ1) is 15.7. The first-order chi connectivity index (χ1) is 6.80. The van der Waals surface area contributed by atoms with Crippen molar-refractivity contribution in [3.63, 3.8) is 0 Å². The van der Waals surface area contributed by atoms with Crippen molar-refractivity contribution in [2.45, 2.75) is 25.8 Å². The van der Waals surface area contributed by atoms with Crippen LogP contribution in [0.3, 0.4) is 0 Å². The van der Waals surface area contributed by atoms with Gasteiger partial charge < -0.3 is 5.73 Å². The summed E-state index contributed by atoms with van der Waals surface area (Å²) in [5.74, 6) is -0.0493. The number of Topliss-reactive ketones (excluding diaryl/α,β-unsaturated/α-hetero) is 1. The molecule has 1 aromatic carbocycles. The lowest BCUT2D eigenvalue weighted by molar-refractivity contribution is -0.122. The molecule has 1 rings (SSSR count). The van der Waals surface area contributed by atoms with Crippen molar-refractivity contribution in [3.8, 4) is 0 Å². The molecule has 0 saturated carbocycles. The average Bonchev–Trinajstić information content (AvgIpc) is 2.08. The molecule has 90 valence electrons. The van der Waals surface area contributed by atoms with Crippen LogP contribution in [0.4, 0.5) is 0 Å². The highest BCUT2D eigenvalue weighted by molar-refractivity contribution is 6.35. The Morgan fingerprint density at radius 2 is 1.94 bits per heavy atom. The highest BCUT2D eigenvalue weighted by Crippen LogP contribution is 2.22. The maximum atomic E-state index is 11.7. The first-order valence-corrected chi connectivity index (χ1v) is 5.32. The van der Waals surface area contributed by atoms with E-state index in [0.29, 0.717) is 10.0 Å². The third-order valence-electron chi connectivity index (χ3n) is 2.08. The molecular weight excluding hydrogens is 268 g/mol. The molecule has 2 N–H and O–H groups in total. The Hall–Kier alpha value is -0.280. The first-order valence-electron chi connectivity index (χ1n) is 4.57. The molecule has 0 saturated heterocycles. The monoisotopic (exact) mass is 281 g/mol. The Kier molecular flexibility index (Phi) is 5.77. The van der Waals surface area contributed by atoms with Crippen molar-refractivity contribution in [2.24, 2.45) is 5.73 Å². The van der Waals surface area contributed by atoms with Crippen molar-refractivity contribution in [1.29, 1.82) is 0 Å². The van der Waals surface area contributed by atoms with Gasteiger partial charge in [-0.15, -0.1) is 12.4 Å². The third-order valence-corrected chi connectivity index (χ3v) is 2.67. The summed E-state index contributed by atoms with van der Waals surface area (Å²) in [6, 6.07) is 5.07. The number of hydrogen-bond donors (Lipinski definition) is 1. The van der Waals surface area contributed by atoms with Gasteiger partial charge in [0.2, 0.25) is 0 Å². The fourth-order valence-corrected chi connectivity index (χ4v) is 1.54. The lowest BCUT2D eigenvalue weighted by Gasteiger charge is -2.17. The van der Waals surface area contributed by atoms with E-state index in [0.717, 1.165) is 5.56 Å². The number of nitrogens with two attached hydrogens (primary N) is 1. The normalized spacial score (nSPS) is 10.8. The van der Waals surface area contributed by atoms with Gasteiger partial charge in [-0.05, 0) is 31.5 Å². The van der Waals surface area contributed by atoms with Crippen molar-refractivity contribution in [3.05, 3.63) is 33.8 Å². The van der Waals surface area contributed by atoms with Crippen LogP contribution in [0.25, 0.3) is 0 Å². The summed E-state index contributed by atoms with van der Waals surface area (Å²) in [4.78, 5) is 11.7. The molecule has 0 aliphatic heterocycles. The molecule has 0 aliphatic rings. The minimum absolute atomic E-state index is 0. The molecular formula is C11H14Cl3NO. The Morgan fingerprint density at radius 3 is 2.38 bits per heavy atom. The van der Waals surface area contributed by atoms with E-state index in [4.69, 9.17) is 28.9 Å². The number of ketones is 1. The van der Waals surface area contributed by atoms with Crippen molar-refractivity contribution < 1.29 is 4.79 Å². The minimum atomic E-state index is -0.830. The molecule has 0 radical (unpaired) electrons. The number of carbonyl (C=O) groups is 1. The molecule has 5 heteroatoms. The molecule has 0 unspecified atom stereocenters. The quantitative estimate of drug-likeness (QED) is 0.924. The highest BCUT2D eigenvalue weighted by Gasteiger charge is 2.22. The van der Waals surface area contributed by atoms with E-state index in [2.05, 4.69) is 0 Å². The summed E-state index contributed by atoms with van der Waals surface area (Å²) in [5.41, 5.74) is 5.61. The Morgan fingerprint density at radius 1 is 1.38 bits per heavy atom. The molecule has 0 aliphatic carbocycles.